The van der Waals surface area contributed by atoms with Crippen molar-refractivity contribution >= 4 is 17.6 Å². The van der Waals surface area contributed by atoms with Crippen LogP contribution >= 0.6 is 0 Å². The quantitative estimate of drug-likeness (QED) is 0.578. The maximum Gasteiger partial charge on any atom is 0.332 e. The number of rotatable bonds is 5. The number of hydrogen-bond donors (Lipinski definition) is 0. The van der Waals surface area contributed by atoms with E-state index in [9.17, 15) is 9.59 Å². The molecule has 1 saturated heterocycles. The van der Waals surface area contributed by atoms with Crippen molar-refractivity contribution in [3.8, 4) is 5.75 Å². The Balaban J connectivity index is 1.65. The number of nitrogens with zero attached hydrogens (tertiary/aromatic N) is 2. The SMILES string of the molecule is Cc1cc(C)c(N2C(=O)N(Cc3ccccc3OC3C=CC=CC3)C(C)(C)C2=O)cc1C. The Morgan fingerprint density at radius 1 is 1.00 bits per heavy atom. The normalized spacial score (nSPS) is 19.7. The summed E-state index contributed by atoms with van der Waals surface area (Å²) in [6.45, 7) is 9.87. The van der Waals surface area contributed by atoms with E-state index >= 15 is 0 Å². The van der Waals surface area contributed by atoms with E-state index in [1.54, 1.807) is 4.90 Å². The number of para-hydroxylation sites is 1. The largest absolute Gasteiger partial charge is 0.486 e. The first-order chi connectivity index (χ1) is 15.2. The molecular weight excluding hydrogens is 400 g/mol. The number of amides is 3. The van der Waals surface area contributed by atoms with Crippen LogP contribution in [0.4, 0.5) is 10.5 Å². The first kappa shape index (κ1) is 21.9. The molecule has 1 unspecified atom stereocenters. The van der Waals surface area contributed by atoms with Crippen LogP contribution in [-0.2, 0) is 11.3 Å². The number of anilines is 1. The molecule has 1 heterocycles. The van der Waals surface area contributed by atoms with Gasteiger partial charge in [0.15, 0.2) is 0 Å². The van der Waals surface area contributed by atoms with Crippen LogP contribution in [0.5, 0.6) is 5.75 Å². The van der Waals surface area contributed by atoms with Crippen LogP contribution < -0.4 is 9.64 Å². The lowest BCUT2D eigenvalue weighted by Crippen LogP contribution is -2.43. The van der Waals surface area contributed by atoms with Gasteiger partial charge in [-0.2, -0.15) is 0 Å². The third kappa shape index (κ3) is 3.83. The minimum atomic E-state index is -0.969. The summed E-state index contributed by atoms with van der Waals surface area (Å²) in [5.41, 5.74) is 3.66. The van der Waals surface area contributed by atoms with Crippen LogP contribution in [0.2, 0.25) is 0 Å². The van der Waals surface area contributed by atoms with Gasteiger partial charge >= 0.3 is 6.03 Å². The van der Waals surface area contributed by atoms with E-state index in [0.717, 1.165) is 34.4 Å². The smallest absolute Gasteiger partial charge is 0.332 e. The van der Waals surface area contributed by atoms with Crippen LogP contribution in [0.1, 0.15) is 42.5 Å². The van der Waals surface area contributed by atoms with Crippen molar-refractivity contribution in [3.05, 3.63) is 83.0 Å². The molecule has 0 N–H and O–H groups in total. The zero-order valence-corrected chi connectivity index (χ0v) is 19.4. The number of hydrogen-bond acceptors (Lipinski definition) is 3. The molecule has 1 aliphatic heterocycles. The molecule has 2 aliphatic rings. The first-order valence-corrected chi connectivity index (χ1v) is 11.0. The molecule has 2 aromatic rings. The molecule has 0 radical (unpaired) electrons. The summed E-state index contributed by atoms with van der Waals surface area (Å²) in [7, 11) is 0. The van der Waals surface area contributed by atoms with Crippen molar-refractivity contribution in [3.63, 3.8) is 0 Å². The number of aryl methyl sites for hydroxylation is 3. The van der Waals surface area contributed by atoms with Gasteiger partial charge in [0.1, 0.15) is 17.4 Å². The van der Waals surface area contributed by atoms with E-state index in [1.807, 2.05) is 89.2 Å². The predicted molar refractivity (Wildman–Crippen MR) is 127 cm³/mol. The second-order valence-corrected chi connectivity index (χ2v) is 9.10. The highest BCUT2D eigenvalue weighted by molar-refractivity contribution is 6.23. The van der Waals surface area contributed by atoms with Crippen molar-refractivity contribution in [2.45, 2.75) is 59.2 Å². The van der Waals surface area contributed by atoms with Gasteiger partial charge < -0.3 is 9.64 Å². The molecule has 4 rings (SSSR count). The predicted octanol–water partition coefficient (Wildman–Crippen LogP) is 5.62. The second kappa shape index (κ2) is 8.30. The Kier molecular flexibility index (Phi) is 5.68. The number of carbonyl (C=O) groups excluding carboxylic acids is 2. The Labute approximate surface area is 190 Å². The van der Waals surface area contributed by atoms with Crippen molar-refractivity contribution in [2.75, 3.05) is 4.90 Å². The lowest BCUT2D eigenvalue weighted by Gasteiger charge is -2.29. The molecule has 1 atom stereocenters. The molecule has 1 aliphatic carbocycles. The van der Waals surface area contributed by atoms with E-state index in [-0.39, 0.29) is 18.0 Å². The van der Waals surface area contributed by atoms with Gasteiger partial charge in [-0.15, -0.1) is 0 Å². The Bertz CT molecular complexity index is 1130. The third-order valence-electron chi connectivity index (χ3n) is 6.40. The molecule has 3 amide bonds. The topological polar surface area (TPSA) is 49.9 Å². The number of benzene rings is 2. The van der Waals surface area contributed by atoms with Crippen molar-refractivity contribution in [1.29, 1.82) is 0 Å². The zero-order chi connectivity index (χ0) is 23.0. The second-order valence-electron chi connectivity index (χ2n) is 9.10. The summed E-state index contributed by atoms with van der Waals surface area (Å²) in [6, 6.07) is 11.4. The number of allylic oxidation sites excluding steroid dienone is 2. The van der Waals surface area contributed by atoms with Gasteiger partial charge in [-0.1, -0.05) is 42.5 Å². The van der Waals surface area contributed by atoms with Crippen molar-refractivity contribution < 1.29 is 14.3 Å². The monoisotopic (exact) mass is 430 g/mol. The molecule has 5 heteroatoms. The summed E-state index contributed by atoms with van der Waals surface area (Å²) in [4.78, 5) is 29.9. The molecule has 5 nitrogen and oxygen atoms in total. The van der Waals surface area contributed by atoms with Crippen LogP contribution in [0, 0.1) is 20.8 Å². The molecule has 2 aromatic carbocycles. The lowest BCUT2D eigenvalue weighted by molar-refractivity contribution is -0.123. The summed E-state index contributed by atoms with van der Waals surface area (Å²) < 4.78 is 6.21. The summed E-state index contributed by atoms with van der Waals surface area (Å²) in [5.74, 6) is 0.516. The minimum absolute atomic E-state index is 0.0419. The highest BCUT2D eigenvalue weighted by Gasteiger charge is 2.52. The fourth-order valence-corrected chi connectivity index (χ4v) is 4.23. The van der Waals surface area contributed by atoms with Gasteiger partial charge in [-0.25, -0.2) is 9.69 Å². The fraction of sp³-hybridized carbons (Fsp3) is 0.333. The average molecular weight is 431 g/mol. The highest BCUT2D eigenvalue weighted by atomic mass is 16.5. The standard InChI is InChI=1S/C27H30N2O3/c1-18-15-20(3)23(16-19(18)2)29-25(30)27(4,5)28(26(29)31)17-21-11-9-10-14-24(21)32-22-12-7-6-8-13-22/h6-12,14-16,22H,13,17H2,1-5H3. The van der Waals surface area contributed by atoms with Crippen molar-refractivity contribution in [1.82, 2.24) is 4.90 Å². The lowest BCUT2D eigenvalue weighted by atomic mass is 10.0. The molecular formula is C27H30N2O3. The molecule has 0 saturated carbocycles. The average Bonchev–Trinajstić information content (AvgIpc) is 2.92. The Morgan fingerprint density at radius 2 is 1.72 bits per heavy atom. The molecule has 32 heavy (non-hydrogen) atoms. The molecule has 0 spiro atoms. The van der Waals surface area contributed by atoms with E-state index < -0.39 is 5.54 Å². The number of imide groups is 1. The van der Waals surface area contributed by atoms with Crippen molar-refractivity contribution in [2.24, 2.45) is 0 Å². The van der Waals surface area contributed by atoms with Gasteiger partial charge in [-0.3, -0.25) is 4.79 Å². The van der Waals surface area contributed by atoms with Crippen LogP contribution in [0.3, 0.4) is 0 Å². The Hall–Kier alpha value is -3.34. The van der Waals surface area contributed by atoms with Crippen LogP contribution in [0.25, 0.3) is 0 Å². The third-order valence-corrected chi connectivity index (χ3v) is 6.40. The molecule has 1 fully saturated rings. The van der Waals surface area contributed by atoms with E-state index in [2.05, 4.69) is 6.08 Å². The maximum absolute atomic E-state index is 13.6. The van der Waals surface area contributed by atoms with E-state index in [4.69, 9.17) is 4.74 Å². The zero-order valence-electron chi connectivity index (χ0n) is 19.4. The molecule has 0 bridgehead atoms. The van der Waals surface area contributed by atoms with E-state index in [0.29, 0.717) is 12.2 Å². The highest BCUT2D eigenvalue weighted by Crippen LogP contribution is 2.37. The van der Waals surface area contributed by atoms with E-state index in [1.165, 1.54) is 4.90 Å². The summed E-state index contributed by atoms with van der Waals surface area (Å²) in [6.07, 6.45) is 8.84. The number of carbonyl (C=O) groups is 2. The van der Waals surface area contributed by atoms with Crippen LogP contribution in [-0.4, -0.2) is 28.5 Å². The summed E-state index contributed by atoms with van der Waals surface area (Å²) >= 11 is 0. The Morgan fingerprint density at radius 3 is 2.44 bits per heavy atom. The van der Waals surface area contributed by atoms with Gasteiger partial charge in [0.2, 0.25) is 0 Å². The fourth-order valence-electron chi connectivity index (χ4n) is 4.23. The minimum Gasteiger partial charge on any atom is -0.486 e. The van der Waals surface area contributed by atoms with Gasteiger partial charge in [0.05, 0.1) is 12.2 Å². The summed E-state index contributed by atoms with van der Waals surface area (Å²) in [5, 5.41) is 0. The maximum atomic E-state index is 13.6. The van der Waals surface area contributed by atoms with Gasteiger partial charge in [-0.05, 0) is 69.5 Å². The first-order valence-electron chi connectivity index (χ1n) is 11.0. The number of urea groups is 1. The molecule has 0 aromatic heterocycles. The molecule has 166 valence electrons. The van der Waals surface area contributed by atoms with Gasteiger partial charge in [0.25, 0.3) is 5.91 Å². The number of ether oxygens (including phenoxy) is 1. The van der Waals surface area contributed by atoms with Gasteiger partial charge in [0, 0.05) is 12.0 Å². The van der Waals surface area contributed by atoms with Crippen LogP contribution in [0.15, 0.2) is 60.7 Å².